The van der Waals surface area contributed by atoms with Crippen LogP contribution in [0.1, 0.15) is 5.56 Å². The van der Waals surface area contributed by atoms with E-state index in [0.717, 1.165) is 69.2 Å². The molecule has 2 aromatic carbocycles. The maximum absolute atomic E-state index is 5.93. The predicted molar refractivity (Wildman–Crippen MR) is 128 cm³/mol. The lowest BCUT2D eigenvalue weighted by molar-refractivity contribution is 0.0707. The average Bonchev–Trinajstić information content (AvgIpc) is 3.26. The molecule has 4 rings (SSSR count). The Morgan fingerprint density at radius 1 is 0.788 bits per heavy atom. The van der Waals surface area contributed by atoms with Crippen LogP contribution in [-0.2, 0) is 17.8 Å². The first-order chi connectivity index (χ1) is 16.2. The number of nitrogens with zero attached hydrogens (tertiary/aromatic N) is 4. The number of hydrogen-bond donors (Lipinski definition) is 0. The lowest BCUT2D eigenvalue weighted by Crippen LogP contribution is -2.46. The van der Waals surface area contributed by atoms with Crippen molar-refractivity contribution < 1.29 is 18.9 Å². The van der Waals surface area contributed by atoms with Gasteiger partial charge in [0.25, 0.3) is 0 Å². The summed E-state index contributed by atoms with van der Waals surface area (Å²) in [5, 5.41) is 0. The van der Waals surface area contributed by atoms with Crippen LogP contribution in [0.3, 0.4) is 0 Å². The van der Waals surface area contributed by atoms with Crippen molar-refractivity contribution >= 4 is 11.0 Å². The van der Waals surface area contributed by atoms with Gasteiger partial charge >= 0.3 is 0 Å². The Labute approximate surface area is 195 Å². The molecule has 33 heavy (non-hydrogen) atoms. The molecule has 0 saturated carbocycles. The van der Waals surface area contributed by atoms with E-state index in [-0.39, 0.29) is 0 Å². The molecular weight excluding hydrogens is 420 g/mol. The number of fused-ring (bicyclic) bond motifs is 1. The maximum Gasteiger partial charge on any atom is 0.163 e. The molecule has 0 amide bonds. The van der Waals surface area contributed by atoms with Crippen molar-refractivity contribution in [1.82, 2.24) is 19.4 Å². The highest BCUT2D eigenvalue weighted by molar-refractivity contribution is 5.80. The first-order valence-electron chi connectivity index (χ1n) is 11.4. The minimum absolute atomic E-state index is 0.650. The van der Waals surface area contributed by atoms with Crippen molar-refractivity contribution in [2.45, 2.75) is 13.1 Å². The number of ether oxygens (including phenoxy) is 4. The highest BCUT2D eigenvalue weighted by Gasteiger charge is 2.17. The van der Waals surface area contributed by atoms with Crippen LogP contribution in [0.5, 0.6) is 17.2 Å². The summed E-state index contributed by atoms with van der Waals surface area (Å²) in [7, 11) is 4.98. The van der Waals surface area contributed by atoms with Crippen LogP contribution in [0.25, 0.3) is 11.0 Å². The topological polar surface area (TPSA) is 61.2 Å². The van der Waals surface area contributed by atoms with Crippen LogP contribution < -0.4 is 14.2 Å². The SMILES string of the molecule is COc1ccc(CN2CCN(CCOCCn3cnc4cc(OC)c(OC)cc43)CC2)cc1. The van der Waals surface area contributed by atoms with E-state index in [1.807, 2.05) is 30.6 Å². The van der Waals surface area contributed by atoms with Crippen LogP contribution in [0.2, 0.25) is 0 Å². The monoisotopic (exact) mass is 454 g/mol. The summed E-state index contributed by atoms with van der Waals surface area (Å²) >= 11 is 0. The Morgan fingerprint density at radius 3 is 2.15 bits per heavy atom. The van der Waals surface area contributed by atoms with Crippen LogP contribution in [0, 0.1) is 0 Å². The summed E-state index contributed by atoms with van der Waals surface area (Å²) in [4.78, 5) is 9.46. The van der Waals surface area contributed by atoms with Gasteiger partial charge in [-0.2, -0.15) is 0 Å². The van der Waals surface area contributed by atoms with Crippen LogP contribution in [0.15, 0.2) is 42.7 Å². The van der Waals surface area contributed by atoms with Gasteiger partial charge in [-0.3, -0.25) is 9.80 Å². The van der Waals surface area contributed by atoms with E-state index < -0.39 is 0 Å². The number of aromatic nitrogens is 2. The van der Waals surface area contributed by atoms with Gasteiger partial charge < -0.3 is 23.5 Å². The molecule has 1 aromatic heterocycles. The smallest absolute Gasteiger partial charge is 0.163 e. The Balaban J connectivity index is 1.15. The second kappa shape index (κ2) is 11.4. The molecule has 178 valence electrons. The summed E-state index contributed by atoms with van der Waals surface area (Å²) < 4.78 is 24.0. The third kappa shape index (κ3) is 5.96. The van der Waals surface area contributed by atoms with Crippen molar-refractivity contribution in [3.8, 4) is 17.2 Å². The highest BCUT2D eigenvalue weighted by atomic mass is 16.5. The van der Waals surface area contributed by atoms with Gasteiger partial charge in [0.1, 0.15) is 5.75 Å². The average molecular weight is 455 g/mol. The zero-order valence-electron chi connectivity index (χ0n) is 19.8. The Kier molecular flexibility index (Phi) is 8.04. The number of piperazine rings is 1. The van der Waals surface area contributed by atoms with E-state index in [0.29, 0.717) is 18.1 Å². The summed E-state index contributed by atoms with van der Waals surface area (Å²) in [6.45, 7) is 8.41. The molecule has 1 aliphatic rings. The number of benzene rings is 2. The highest BCUT2D eigenvalue weighted by Crippen LogP contribution is 2.31. The third-order valence-electron chi connectivity index (χ3n) is 6.18. The fraction of sp³-hybridized carbons (Fsp3) is 0.480. The van der Waals surface area contributed by atoms with E-state index in [9.17, 15) is 0 Å². The third-order valence-corrected chi connectivity index (χ3v) is 6.18. The van der Waals surface area contributed by atoms with Gasteiger partial charge in [0.2, 0.25) is 0 Å². The van der Waals surface area contributed by atoms with Crippen molar-refractivity contribution in [3.63, 3.8) is 0 Å². The maximum atomic E-state index is 5.93. The van der Waals surface area contributed by atoms with Crippen molar-refractivity contribution in [3.05, 3.63) is 48.3 Å². The van der Waals surface area contributed by atoms with Crippen molar-refractivity contribution in [2.75, 3.05) is 67.3 Å². The van der Waals surface area contributed by atoms with Crippen molar-refractivity contribution in [1.29, 1.82) is 0 Å². The molecule has 0 N–H and O–H groups in total. The van der Waals surface area contributed by atoms with Gasteiger partial charge in [0, 0.05) is 57.9 Å². The first kappa shape index (κ1) is 23.4. The molecule has 0 radical (unpaired) electrons. The lowest BCUT2D eigenvalue weighted by Gasteiger charge is -2.34. The largest absolute Gasteiger partial charge is 0.497 e. The van der Waals surface area contributed by atoms with E-state index >= 15 is 0 Å². The first-order valence-corrected chi connectivity index (χ1v) is 11.4. The zero-order valence-corrected chi connectivity index (χ0v) is 19.8. The van der Waals surface area contributed by atoms with E-state index in [2.05, 4.69) is 31.5 Å². The fourth-order valence-electron chi connectivity index (χ4n) is 4.18. The van der Waals surface area contributed by atoms with Gasteiger partial charge in [-0.25, -0.2) is 4.98 Å². The molecule has 0 aliphatic carbocycles. The molecule has 0 bridgehead atoms. The van der Waals surface area contributed by atoms with Gasteiger partial charge in [0.05, 0.1) is 51.9 Å². The van der Waals surface area contributed by atoms with Gasteiger partial charge in [-0.15, -0.1) is 0 Å². The molecule has 1 saturated heterocycles. The zero-order chi connectivity index (χ0) is 23.0. The van der Waals surface area contributed by atoms with Gasteiger partial charge in [-0.05, 0) is 17.7 Å². The molecular formula is C25H34N4O4. The molecule has 8 heteroatoms. The fourth-order valence-corrected chi connectivity index (χ4v) is 4.18. The summed E-state index contributed by atoms with van der Waals surface area (Å²) in [5.41, 5.74) is 3.24. The Hall–Kier alpha value is -2.81. The lowest BCUT2D eigenvalue weighted by atomic mass is 10.2. The molecule has 0 atom stereocenters. The summed E-state index contributed by atoms with van der Waals surface area (Å²) in [5.74, 6) is 2.30. The van der Waals surface area contributed by atoms with Gasteiger partial charge in [0.15, 0.2) is 11.5 Å². The van der Waals surface area contributed by atoms with E-state index in [1.54, 1.807) is 21.3 Å². The van der Waals surface area contributed by atoms with E-state index in [4.69, 9.17) is 18.9 Å². The van der Waals surface area contributed by atoms with Crippen molar-refractivity contribution in [2.24, 2.45) is 0 Å². The summed E-state index contributed by atoms with van der Waals surface area (Å²) in [6, 6.07) is 12.2. The molecule has 3 aromatic rings. The predicted octanol–water partition coefficient (Wildman–Crippen LogP) is 2.90. The Bertz CT molecular complexity index is 1010. The number of hydrogen-bond acceptors (Lipinski definition) is 7. The molecule has 2 heterocycles. The van der Waals surface area contributed by atoms with Crippen LogP contribution >= 0.6 is 0 Å². The normalized spacial score (nSPS) is 15.1. The molecule has 0 spiro atoms. The standard InChI is InChI=1S/C25H34N4O4/c1-30-21-6-4-20(5-7-21)18-28-10-8-27(9-11-28)12-14-33-15-13-29-19-26-22-16-24(31-2)25(32-3)17-23(22)29/h4-7,16-17,19H,8-15,18H2,1-3H3. The van der Waals surface area contributed by atoms with E-state index in [1.165, 1.54) is 5.56 Å². The molecule has 1 fully saturated rings. The number of methoxy groups -OCH3 is 3. The van der Waals surface area contributed by atoms with Crippen LogP contribution in [-0.4, -0.2) is 86.6 Å². The molecule has 1 aliphatic heterocycles. The number of imidazole rings is 1. The minimum atomic E-state index is 0.650. The Morgan fingerprint density at radius 2 is 1.45 bits per heavy atom. The minimum Gasteiger partial charge on any atom is -0.497 e. The quantitative estimate of drug-likeness (QED) is 0.413. The molecule has 8 nitrogen and oxygen atoms in total. The molecule has 0 unspecified atom stereocenters. The second-order valence-electron chi connectivity index (χ2n) is 8.21. The van der Waals surface area contributed by atoms with Gasteiger partial charge in [-0.1, -0.05) is 12.1 Å². The van der Waals surface area contributed by atoms with Crippen LogP contribution in [0.4, 0.5) is 0 Å². The second-order valence-corrected chi connectivity index (χ2v) is 8.21. The number of rotatable bonds is 11. The summed E-state index contributed by atoms with van der Waals surface area (Å²) in [6.07, 6.45) is 1.84.